The summed E-state index contributed by atoms with van der Waals surface area (Å²) in [5.41, 5.74) is 5.13. The van der Waals surface area contributed by atoms with E-state index in [1.54, 1.807) is 12.1 Å². The first kappa shape index (κ1) is 26.5. The van der Waals surface area contributed by atoms with Gasteiger partial charge in [0.1, 0.15) is 17.1 Å². The molecule has 7 nitrogen and oxygen atoms in total. The van der Waals surface area contributed by atoms with Crippen LogP contribution in [-0.4, -0.2) is 27.5 Å². The third-order valence-electron chi connectivity index (χ3n) is 6.59. The third kappa shape index (κ3) is 5.59. The van der Waals surface area contributed by atoms with E-state index in [1.807, 2.05) is 40.7 Å². The molecular formula is C27H32O7S. The Labute approximate surface area is 207 Å². The number of fused-ring (bicyclic) bond motifs is 1. The van der Waals surface area contributed by atoms with Crippen molar-refractivity contribution in [2.45, 2.75) is 65.4 Å². The van der Waals surface area contributed by atoms with Gasteiger partial charge in [-0.2, -0.15) is 8.42 Å². The van der Waals surface area contributed by atoms with E-state index < -0.39 is 16.1 Å². The summed E-state index contributed by atoms with van der Waals surface area (Å²) in [5, 5.41) is 0. The molecule has 3 rings (SSSR count). The van der Waals surface area contributed by atoms with Gasteiger partial charge in [0.25, 0.3) is 0 Å². The zero-order chi connectivity index (χ0) is 25.9. The van der Waals surface area contributed by atoms with Gasteiger partial charge in [-0.1, -0.05) is 43.2 Å². The number of methoxy groups -OCH3 is 1. The van der Waals surface area contributed by atoms with E-state index in [-0.39, 0.29) is 41.1 Å². The fourth-order valence-electron chi connectivity index (χ4n) is 4.23. The minimum atomic E-state index is -4.20. The van der Waals surface area contributed by atoms with Crippen LogP contribution in [0.4, 0.5) is 0 Å². The van der Waals surface area contributed by atoms with Gasteiger partial charge in [-0.15, -0.1) is 0 Å². The lowest BCUT2D eigenvalue weighted by Gasteiger charge is -2.20. The monoisotopic (exact) mass is 500 g/mol. The summed E-state index contributed by atoms with van der Waals surface area (Å²) in [6.45, 7) is 9.68. The summed E-state index contributed by atoms with van der Waals surface area (Å²) in [6, 6.07) is 6.35. The summed E-state index contributed by atoms with van der Waals surface area (Å²) in [4.78, 5) is 24.4. The summed E-state index contributed by atoms with van der Waals surface area (Å²) in [7, 11) is -2.85. The fraction of sp³-hybridized carbons (Fsp3) is 0.407. The Morgan fingerprint density at radius 3 is 2.43 bits per heavy atom. The molecule has 1 unspecified atom stereocenters. The molecule has 1 atom stereocenters. The van der Waals surface area contributed by atoms with E-state index in [0.29, 0.717) is 24.0 Å². The lowest BCUT2D eigenvalue weighted by Crippen LogP contribution is -2.16. The highest BCUT2D eigenvalue weighted by Gasteiger charge is 2.34. The van der Waals surface area contributed by atoms with E-state index in [1.165, 1.54) is 19.2 Å². The number of benzene rings is 2. The summed E-state index contributed by atoms with van der Waals surface area (Å²) in [5.74, 6) is -0.937. The number of allylic oxidation sites excluding steroid dienone is 2. The molecule has 0 aromatic heterocycles. The Bertz CT molecular complexity index is 1270. The Hall–Kier alpha value is -3.13. The Kier molecular flexibility index (Phi) is 8.05. The van der Waals surface area contributed by atoms with Gasteiger partial charge in [0.15, 0.2) is 5.75 Å². The molecule has 0 radical (unpaired) electrons. The lowest BCUT2D eigenvalue weighted by atomic mass is 9.88. The predicted molar refractivity (Wildman–Crippen MR) is 132 cm³/mol. The van der Waals surface area contributed by atoms with Crippen LogP contribution in [0.3, 0.4) is 0 Å². The number of ether oxygens (including phenoxy) is 2. The van der Waals surface area contributed by atoms with Crippen LogP contribution in [0.25, 0.3) is 0 Å². The highest BCUT2D eigenvalue weighted by Crippen LogP contribution is 2.40. The zero-order valence-corrected chi connectivity index (χ0v) is 21.9. The molecule has 1 aliphatic heterocycles. The van der Waals surface area contributed by atoms with Gasteiger partial charge in [-0.3, -0.25) is 4.79 Å². The highest BCUT2D eigenvalue weighted by atomic mass is 32.2. The number of hydrogen-bond acceptors (Lipinski definition) is 7. The molecule has 0 saturated heterocycles. The highest BCUT2D eigenvalue weighted by molar-refractivity contribution is 7.87. The molecule has 188 valence electrons. The van der Waals surface area contributed by atoms with Gasteiger partial charge in [0.2, 0.25) is 0 Å². The van der Waals surface area contributed by atoms with Gasteiger partial charge < -0.3 is 13.7 Å². The fourth-order valence-corrected chi connectivity index (χ4v) is 5.20. The average molecular weight is 501 g/mol. The van der Waals surface area contributed by atoms with Crippen molar-refractivity contribution in [1.82, 2.24) is 0 Å². The average Bonchev–Trinajstić information content (AvgIpc) is 3.21. The molecule has 1 aliphatic rings. The van der Waals surface area contributed by atoms with Gasteiger partial charge in [-0.25, -0.2) is 4.79 Å². The Morgan fingerprint density at radius 1 is 1.17 bits per heavy atom. The predicted octanol–water partition coefficient (Wildman–Crippen LogP) is 4.99. The lowest BCUT2D eigenvalue weighted by molar-refractivity contribution is -0.141. The topological polar surface area (TPSA) is 96.0 Å². The molecule has 0 saturated carbocycles. The summed E-state index contributed by atoms with van der Waals surface area (Å²) < 4.78 is 42.2. The van der Waals surface area contributed by atoms with Gasteiger partial charge in [0.05, 0.1) is 13.5 Å². The number of esters is 2. The first-order valence-corrected chi connectivity index (χ1v) is 13.0. The number of carbonyl (C=O) groups excluding carboxylic acids is 2. The molecule has 0 N–H and O–H groups in total. The quantitative estimate of drug-likeness (QED) is 0.272. The molecular weight excluding hydrogens is 468 g/mol. The molecule has 0 fully saturated rings. The van der Waals surface area contributed by atoms with Crippen LogP contribution in [0.15, 0.2) is 40.8 Å². The molecule has 1 heterocycles. The van der Waals surface area contributed by atoms with Crippen molar-refractivity contribution in [3.05, 3.63) is 69.3 Å². The number of hydrogen-bond donors (Lipinski definition) is 0. The van der Waals surface area contributed by atoms with Crippen LogP contribution in [0.5, 0.6) is 5.75 Å². The Balaban J connectivity index is 2.12. The zero-order valence-electron chi connectivity index (χ0n) is 21.1. The van der Waals surface area contributed by atoms with Crippen molar-refractivity contribution < 1.29 is 31.7 Å². The molecule has 2 aromatic rings. The van der Waals surface area contributed by atoms with E-state index in [2.05, 4.69) is 0 Å². The van der Waals surface area contributed by atoms with E-state index in [9.17, 15) is 18.0 Å². The van der Waals surface area contributed by atoms with Crippen molar-refractivity contribution in [2.75, 3.05) is 7.11 Å². The van der Waals surface area contributed by atoms with Crippen LogP contribution < -0.4 is 4.18 Å². The minimum Gasteiger partial charge on any atom is -0.469 e. The molecule has 0 amide bonds. The number of aryl methyl sites for hydroxylation is 1. The maximum Gasteiger partial charge on any atom is 0.342 e. The molecule has 8 heteroatoms. The number of carbonyl (C=O) groups is 2. The van der Waals surface area contributed by atoms with E-state index >= 15 is 0 Å². The van der Waals surface area contributed by atoms with Crippen molar-refractivity contribution in [1.29, 1.82) is 0 Å². The SMILES string of the molecule is CCc1c(C)c2c(c(OS(=O)(=O)c3ccc(C)cc3)c1CC=C(C)C(C)CC(=O)OC)C(=O)OC2. The van der Waals surface area contributed by atoms with Crippen molar-refractivity contribution >= 4 is 22.1 Å². The maximum atomic E-state index is 13.2. The normalized spacial score (nSPS) is 14.3. The standard InChI is InChI=1S/C27H32O7S/c1-7-21-19(5)23-15-33-27(29)25(23)26(34-35(30,31)20-11-8-16(2)9-12-20)22(21)13-10-17(3)18(4)14-24(28)32-6/h8-12,18H,7,13-15H2,1-6H3. The summed E-state index contributed by atoms with van der Waals surface area (Å²) in [6.07, 6.45) is 3.13. The van der Waals surface area contributed by atoms with Crippen LogP contribution >= 0.6 is 0 Å². The molecule has 0 bridgehead atoms. The van der Waals surface area contributed by atoms with Crippen molar-refractivity contribution in [2.24, 2.45) is 5.92 Å². The van der Waals surface area contributed by atoms with E-state index in [4.69, 9.17) is 13.7 Å². The first-order valence-electron chi connectivity index (χ1n) is 11.6. The third-order valence-corrected chi connectivity index (χ3v) is 7.82. The Morgan fingerprint density at radius 2 is 1.83 bits per heavy atom. The van der Waals surface area contributed by atoms with Crippen LogP contribution in [0.1, 0.15) is 65.4 Å². The second kappa shape index (κ2) is 10.6. The first-order chi connectivity index (χ1) is 16.5. The van der Waals surface area contributed by atoms with Gasteiger partial charge >= 0.3 is 22.1 Å². The van der Waals surface area contributed by atoms with Crippen LogP contribution in [-0.2, 0) is 43.8 Å². The smallest absolute Gasteiger partial charge is 0.342 e. The molecule has 35 heavy (non-hydrogen) atoms. The van der Waals surface area contributed by atoms with Crippen molar-refractivity contribution in [3.63, 3.8) is 0 Å². The van der Waals surface area contributed by atoms with Crippen molar-refractivity contribution in [3.8, 4) is 5.75 Å². The second-order valence-corrected chi connectivity index (χ2v) is 10.4. The maximum absolute atomic E-state index is 13.2. The molecule has 0 spiro atoms. The minimum absolute atomic E-state index is 0.00575. The van der Waals surface area contributed by atoms with Gasteiger partial charge in [-0.05, 0) is 62.8 Å². The van der Waals surface area contributed by atoms with Gasteiger partial charge in [0, 0.05) is 11.1 Å². The van der Waals surface area contributed by atoms with Crippen LogP contribution in [0.2, 0.25) is 0 Å². The molecule has 0 aliphatic carbocycles. The second-order valence-electron chi connectivity index (χ2n) is 8.88. The molecule has 2 aromatic carbocycles. The number of rotatable bonds is 9. The largest absolute Gasteiger partial charge is 0.469 e. The van der Waals surface area contributed by atoms with E-state index in [0.717, 1.165) is 22.3 Å². The number of cyclic esters (lactones) is 1. The van der Waals surface area contributed by atoms with Crippen LogP contribution in [0, 0.1) is 19.8 Å². The summed E-state index contributed by atoms with van der Waals surface area (Å²) >= 11 is 0.